The van der Waals surface area contributed by atoms with Crippen molar-refractivity contribution < 1.29 is 23.9 Å². The van der Waals surface area contributed by atoms with Gasteiger partial charge in [0, 0.05) is 6.07 Å². The molecule has 1 aromatic carbocycles. The quantitative estimate of drug-likeness (QED) is 0.911. The van der Waals surface area contributed by atoms with E-state index in [0.29, 0.717) is 17.1 Å². The van der Waals surface area contributed by atoms with E-state index >= 15 is 0 Å². The van der Waals surface area contributed by atoms with Crippen molar-refractivity contribution in [1.82, 2.24) is 5.16 Å². The molecule has 2 aromatic rings. The monoisotopic (exact) mass is 263 g/mol. The van der Waals surface area contributed by atoms with E-state index in [2.05, 4.69) is 5.16 Å². The van der Waals surface area contributed by atoms with Gasteiger partial charge in [0.25, 0.3) is 0 Å². The molecule has 0 aliphatic heterocycles. The SMILES string of the molecule is COc1ccc(C)c(OC)c1-c1cc(C(=O)O)no1. The molecule has 100 valence electrons. The van der Waals surface area contributed by atoms with Crippen molar-refractivity contribution in [3.05, 3.63) is 29.5 Å². The van der Waals surface area contributed by atoms with Crippen LogP contribution in [0.25, 0.3) is 11.3 Å². The fourth-order valence-corrected chi connectivity index (χ4v) is 1.83. The molecule has 19 heavy (non-hydrogen) atoms. The first-order valence-electron chi connectivity index (χ1n) is 5.50. The second-order valence-electron chi connectivity index (χ2n) is 3.87. The topological polar surface area (TPSA) is 81.8 Å². The zero-order valence-electron chi connectivity index (χ0n) is 10.8. The Kier molecular flexibility index (Phi) is 3.41. The first-order chi connectivity index (χ1) is 9.08. The van der Waals surface area contributed by atoms with Crippen LogP contribution in [0, 0.1) is 6.92 Å². The second kappa shape index (κ2) is 5.01. The molecule has 0 spiro atoms. The molecule has 0 aliphatic carbocycles. The van der Waals surface area contributed by atoms with Crippen LogP contribution in [0.5, 0.6) is 11.5 Å². The van der Waals surface area contributed by atoms with Crippen molar-refractivity contribution in [2.75, 3.05) is 14.2 Å². The minimum absolute atomic E-state index is 0.166. The Morgan fingerprint density at radius 1 is 1.32 bits per heavy atom. The van der Waals surface area contributed by atoms with E-state index < -0.39 is 5.97 Å². The number of aromatic nitrogens is 1. The molecular weight excluding hydrogens is 250 g/mol. The Morgan fingerprint density at radius 3 is 2.58 bits per heavy atom. The van der Waals surface area contributed by atoms with Crippen molar-refractivity contribution in [3.63, 3.8) is 0 Å². The van der Waals surface area contributed by atoms with Crippen LogP contribution in [0.15, 0.2) is 22.7 Å². The zero-order valence-corrected chi connectivity index (χ0v) is 10.8. The van der Waals surface area contributed by atoms with Crippen LogP contribution in [0.1, 0.15) is 16.1 Å². The summed E-state index contributed by atoms with van der Waals surface area (Å²) >= 11 is 0. The molecule has 1 N–H and O–H groups in total. The van der Waals surface area contributed by atoms with Crippen molar-refractivity contribution >= 4 is 5.97 Å². The molecule has 0 aliphatic rings. The van der Waals surface area contributed by atoms with Gasteiger partial charge in [0.1, 0.15) is 17.1 Å². The van der Waals surface area contributed by atoms with Crippen LogP contribution in [0.4, 0.5) is 0 Å². The number of aryl methyl sites for hydroxylation is 1. The predicted molar refractivity (Wildman–Crippen MR) is 66.7 cm³/mol. The van der Waals surface area contributed by atoms with Crippen LogP contribution in [-0.4, -0.2) is 30.5 Å². The third-order valence-corrected chi connectivity index (χ3v) is 2.72. The summed E-state index contributed by atoms with van der Waals surface area (Å²) in [5.41, 5.74) is 1.26. The zero-order chi connectivity index (χ0) is 14.0. The molecule has 0 bridgehead atoms. The third-order valence-electron chi connectivity index (χ3n) is 2.72. The van der Waals surface area contributed by atoms with Gasteiger partial charge < -0.3 is 19.1 Å². The van der Waals surface area contributed by atoms with Crippen molar-refractivity contribution in [1.29, 1.82) is 0 Å². The first-order valence-corrected chi connectivity index (χ1v) is 5.50. The average molecular weight is 263 g/mol. The summed E-state index contributed by atoms with van der Waals surface area (Å²) in [5, 5.41) is 12.4. The lowest BCUT2D eigenvalue weighted by molar-refractivity contribution is 0.0686. The molecule has 0 atom stereocenters. The molecule has 1 heterocycles. The summed E-state index contributed by atoms with van der Waals surface area (Å²) in [4.78, 5) is 10.8. The normalized spacial score (nSPS) is 10.3. The minimum Gasteiger partial charge on any atom is -0.496 e. The van der Waals surface area contributed by atoms with E-state index in [1.807, 2.05) is 13.0 Å². The average Bonchev–Trinajstić information content (AvgIpc) is 2.87. The Morgan fingerprint density at radius 2 is 2.05 bits per heavy atom. The summed E-state index contributed by atoms with van der Waals surface area (Å²) in [7, 11) is 3.04. The first kappa shape index (κ1) is 12.9. The van der Waals surface area contributed by atoms with E-state index in [-0.39, 0.29) is 11.5 Å². The maximum Gasteiger partial charge on any atom is 0.358 e. The third kappa shape index (κ3) is 2.24. The van der Waals surface area contributed by atoms with Gasteiger partial charge >= 0.3 is 5.97 Å². The Labute approximate surface area is 109 Å². The lowest BCUT2D eigenvalue weighted by atomic mass is 10.1. The van der Waals surface area contributed by atoms with Gasteiger partial charge in [-0.25, -0.2) is 4.79 Å². The number of aromatic carboxylic acids is 1. The van der Waals surface area contributed by atoms with Gasteiger partial charge in [-0.3, -0.25) is 0 Å². The van der Waals surface area contributed by atoms with Gasteiger partial charge in [-0.2, -0.15) is 0 Å². The van der Waals surface area contributed by atoms with Gasteiger partial charge in [0.15, 0.2) is 11.5 Å². The van der Waals surface area contributed by atoms with Crippen molar-refractivity contribution in [2.24, 2.45) is 0 Å². The highest BCUT2D eigenvalue weighted by atomic mass is 16.5. The number of carbonyl (C=O) groups is 1. The lowest BCUT2D eigenvalue weighted by Gasteiger charge is -2.12. The van der Waals surface area contributed by atoms with Crippen molar-refractivity contribution in [2.45, 2.75) is 6.92 Å². The number of benzene rings is 1. The highest BCUT2D eigenvalue weighted by Gasteiger charge is 2.21. The molecule has 6 heteroatoms. The fraction of sp³-hybridized carbons (Fsp3) is 0.231. The van der Waals surface area contributed by atoms with Crippen LogP contribution >= 0.6 is 0 Å². The largest absolute Gasteiger partial charge is 0.496 e. The lowest BCUT2D eigenvalue weighted by Crippen LogP contribution is -1.96. The Hall–Kier alpha value is -2.50. The van der Waals surface area contributed by atoms with E-state index in [1.165, 1.54) is 20.3 Å². The number of rotatable bonds is 4. The molecule has 0 saturated carbocycles. The molecule has 0 radical (unpaired) electrons. The summed E-state index contributed by atoms with van der Waals surface area (Å²) in [6.45, 7) is 1.87. The van der Waals surface area contributed by atoms with E-state index in [0.717, 1.165) is 5.56 Å². The molecule has 1 aromatic heterocycles. The number of hydrogen-bond acceptors (Lipinski definition) is 5. The molecule has 2 rings (SSSR count). The molecule has 0 unspecified atom stereocenters. The van der Waals surface area contributed by atoms with E-state index in [1.54, 1.807) is 6.07 Å². The number of hydrogen-bond donors (Lipinski definition) is 1. The molecule has 0 saturated heterocycles. The van der Waals surface area contributed by atoms with Crippen LogP contribution in [0.3, 0.4) is 0 Å². The van der Waals surface area contributed by atoms with Gasteiger partial charge in [0.05, 0.1) is 14.2 Å². The highest BCUT2D eigenvalue weighted by molar-refractivity contribution is 5.87. The molecule has 6 nitrogen and oxygen atoms in total. The second-order valence-corrected chi connectivity index (χ2v) is 3.87. The summed E-state index contributed by atoms with van der Waals surface area (Å²) in [6, 6.07) is 4.94. The smallest absolute Gasteiger partial charge is 0.358 e. The number of carboxylic acids is 1. The fourth-order valence-electron chi connectivity index (χ4n) is 1.83. The van der Waals surface area contributed by atoms with Crippen molar-refractivity contribution in [3.8, 4) is 22.8 Å². The summed E-state index contributed by atoms with van der Waals surface area (Å²) < 4.78 is 15.6. The molecular formula is C13H13NO5. The Bertz CT molecular complexity index is 617. The number of nitrogens with zero attached hydrogens (tertiary/aromatic N) is 1. The van der Waals surface area contributed by atoms with E-state index in [9.17, 15) is 4.79 Å². The number of carboxylic acid groups (broad SMARTS) is 1. The maximum absolute atomic E-state index is 10.8. The van der Waals surface area contributed by atoms with E-state index in [4.69, 9.17) is 19.1 Å². The molecule has 0 amide bonds. The predicted octanol–water partition coefficient (Wildman–Crippen LogP) is 2.37. The van der Waals surface area contributed by atoms with Gasteiger partial charge in [-0.05, 0) is 18.6 Å². The highest BCUT2D eigenvalue weighted by Crippen LogP contribution is 2.40. The van der Waals surface area contributed by atoms with Gasteiger partial charge in [-0.1, -0.05) is 11.2 Å². The summed E-state index contributed by atoms with van der Waals surface area (Å²) in [5.74, 6) is 0.221. The minimum atomic E-state index is -1.15. The Balaban J connectivity index is 2.64. The van der Waals surface area contributed by atoms with Gasteiger partial charge in [0.2, 0.25) is 0 Å². The number of ether oxygens (including phenoxy) is 2. The standard InChI is InChI=1S/C13H13NO5/c1-7-4-5-9(17-2)11(12(7)18-3)10-6-8(13(15)16)14-19-10/h4-6H,1-3H3,(H,15,16). The van der Waals surface area contributed by atoms with Crippen LogP contribution < -0.4 is 9.47 Å². The van der Waals surface area contributed by atoms with Crippen LogP contribution in [-0.2, 0) is 0 Å². The van der Waals surface area contributed by atoms with Gasteiger partial charge in [-0.15, -0.1) is 0 Å². The maximum atomic E-state index is 10.8. The molecule has 0 fully saturated rings. The summed E-state index contributed by atoms with van der Waals surface area (Å²) in [6.07, 6.45) is 0. The number of methoxy groups -OCH3 is 2. The van der Waals surface area contributed by atoms with Crippen LogP contribution in [0.2, 0.25) is 0 Å².